The third-order valence-corrected chi connectivity index (χ3v) is 3.69. The Morgan fingerprint density at radius 1 is 1.50 bits per heavy atom. The molecule has 1 aliphatic carbocycles. The molecule has 1 fully saturated rings. The van der Waals surface area contributed by atoms with Crippen molar-refractivity contribution in [3.8, 4) is 0 Å². The van der Waals surface area contributed by atoms with E-state index in [1.807, 2.05) is 12.1 Å². The molecule has 0 spiro atoms. The molecule has 0 amide bonds. The van der Waals surface area contributed by atoms with E-state index in [-0.39, 0.29) is 0 Å². The molecule has 1 unspecified atom stereocenters. The average molecular weight is 251 g/mol. The van der Waals surface area contributed by atoms with Crippen LogP contribution in [0.2, 0.25) is 0 Å². The van der Waals surface area contributed by atoms with E-state index in [0.717, 1.165) is 31.3 Å². The summed E-state index contributed by atoms with van der Waals surface area (Å²) in [5.41, 5.74) is 0. The van der Waals surface area contributed by atoms with Crippen LogP contribution >= 0.6 is 0 Å². The van der Waals surface area contributed by atoms with Gasteiger partial charge in [-0.25, -0.2) is 0 Å². The largest absolute Gasteiger partial charge is 0.467 e. The lowest BCUT2D eigenvalue weighted by Gasteiger charge is -2.28. The van der Waals surface area contributed by atoms with Crippen molar-refractivity contribution in [3.63, 3.8) is 0 Å². The summed E-state index contributed by atoms with van der Waals surface area (Å²) in [5.74, 6) is 1.89. The van der Waals surface area contributed by atoms with Crippen molar-refractivity contribution < 1.29 is 9.15 Å². The van der Waals surface area contributed by atoms with Crippen LogP contribution in [0.15, 0.2) is 22.8 Å². The number of hydrogen-bond acceptors (Lipinski definition) is 3. The minimum absolute atomic E-state index is 0.588. The molecule has 0 bridgehead atoms. The Morgan fingerprint density at radius 2 is 2.39 bits per heavy atom. The number of nitrogens with one attached hydrogen (secondary N) is 1. The monoisotopic (exact) mass is 251 g/mol. The third kappa shape index (κ3) is 4.83. The summed E-state index contributed by atoms with van der Waals surface area (Å²) in [7, 11) is 0. The average Bonchev–Trinajstić information content (AvgIpc) is 2.81. The molecule has 3 heteroatoms. The first-order valence-corrected chi connectivity index (χ1v) is 7.18. The Kier molecular flexibility index (Phi) is 5.75. The van der Waals surface area contributed by atoms with Crippen LogP contribution in [-0.2, 0) is 11.3 Å². The Morgan fingerprint density at radius 3 is 3.06 bits per heavy atom. The van der Waals surface area contributed by atoms with Crippen LogP contribution in [0.5, 0.6) is 0 Å². The number of hydrogen-bond donors (Lipinski definition) is 1. The zero-order valence-corrected chi connectivity index (χ0v) is 11.4. The summed E-state index contributed by atoms with van der Waals surface area (Å²) >= 11 is 0. The van der Waals surface area contributed by atoms with Gasteiger partial charge in [0, 0.05) is 12.6 Å². The summed E-state index contributed by atoms with van der Waals surface area (Å²) in [5, 5.41) is 3.57. The van der Waals surface area contributed by atoms with Gasteiger partial charge in [0.15, 0.2) is 0 Å². The van der Waals surface area contributed by atoms with E-state index in [9.17, 15) is 0 Å². The van der Waals surface area contributed by atoms with Gasteiger partial charge in [0.05, 0.1) is 6.26 Å². The predicted octanol–water partition coefficient (Wildman–Crippen LogP) is 3.35. The minimum atomic E-state index is 0.588. The van der Waals surface area contributed by atoms with Gasteiger partial charge in [-0.2, -0.15) is 0 Å². The van der Waals surface area contributed by atoms with Gasteiger partial charge in [0.25, 0.3) is 0 Å². The molecular formula is C15H25NO2. The summed E-state index contributed by atoms with van der Waals surface area (Å²) in [6.45, 7) is 4.72. The van der Waals surface area contributed by atoms with Crippen molar-refractivity contribution in [2.24, 2.45) is 5.92 Å². The smallest absolute Gasteiger partial charge is 0.129 e. The molecule has 1 atom stereocenters. The topological polar surface area (TPSA) is 34.4 Å². The normalized spacial score (nSPS) is 17.6. The van der Waals surface area contributed by atoms with E-state index < -0.39 is 0 Å². The second kappa shape index (κ2) is 7.59. The zero-order valence-electron chi connectivity index (χ0n) is 11.4. The Balaban J connectivity index is 1.41. The first-order chi connectivity index (χ1) is 8.84. The maximum absolute atomic E-state index is 5.54. The van der Waals surface area contributed by atoms with Crippen LogP contribution in [0.25, 0.3) is 0 Å². The molecule has 0 aromatic carbocycles. The highest BCUT2D eigenvalue weighted by Crippen LogP contribution is 2.30. The van der Waals surface area contributed by atoms with Crippen molar-refractivity contribution >= 4 is 0 Å². The Bertz CT molecular complexity index is 306. The highest BCUT2D eigenvalue weighted by Gasteiger charge is 2.19. The first kappa shape index (κ1) is 13.6. The third-order valence-electron chi connectivity index (χ3n) is 3.69. The van der Waals surface area contributed by atoms with E-state index in [4.69, 9.17) is 9.15 Å². The summed E-state index contributed by atoms with van der Waals surface area (Å²) in [6.07, 6.45) is 8.42. The fraction of sp³-hybridized carbons (Fsp3) is 0.733. The summed E-state index contributed by atoms with van der Waals surface area (Å²) < 4.78 is 10.7. The molecule has 3 nitrogen and oxygen atoms in total. The van der Waals surface area contributed by atoms with Crippen LogP contribution < -0.4 is 5.32 Å². The summed E-state index contributed by atoms with van der Waals surface area (Å²) in [4.78, 5) is 0. The van der Waals surface area contributed by atoms with Crippen molar-refractivity contribution in [3.05, 3.63) is 24.2 Å². The summed E-state index contributed by atoms with van der Waals surface area (Å²) in [6, 6.07) is 4.49. The lowest BCUT2D eigenvalue weighted by atomic mass is 9.81. The lowest BCUT2D eigenvalue weighted by molar-refractivity contribution is 0.103. The Hall–Kier alpha value is -0.800. The second-order valence-corrected chi connectivity index (χ2v) is 5.37. The van der Waals surface area contributed by atoms with Crippen molar-refractivity contribution in [1.82, 2.24) is 5.32 Å². The van der Waals surface area contributed by atoms with Crippen molar-refractivity contribution in [2.75, 3.05) is 13.2 Å². The second-order valence-electron chi connectivity index (χ2n) is 5.37. The highest BCUT2D eigenvalue weighted by atomic mass is 16.5. The van der Waals surface area contributed by atoms with Crippen LogP contribution in [0.4, 0.5) is 0 Å². The van der Waals surface area contributed by atoms with Crippen LogP contribution in [-0.4, -0.2) is 19.2 Å². The van der Waals surface area contributed by atoms with E-state index in [2.05, 4.69) is 12.2 Å². The van der Waals surface area contributed by atoms with Gasteiger partial charge in [0.1, 0.15) is 12.4 Å². The van der Waals surface area contributed by atoms with E-state index in [1.54, 1.807) is 6.26 Å². The maximum atomic E-state index is 5.54. The van der Waals surface area contributed by atoms with Gasteiger partial charge >= 0.3 is 0 Å². The van der Waals surface area contributed by atoms with Gasteiger partial charge in [-0.1, -0.05) is 19.3 Å². The minimum Gasteiger partial charge on any atom is -0.467 e. The van der Waals surface area contributed by atoms with E-state index in [1.165, 1.54) is 25.7 Å². The molecular weight excluding hydrogens is 226 g/mol. The number of furan rings is 1. The molecule has 102 valence electrons. The molecule has 0 aliphatic heterocycles. The fourth-order valence-electron chi connectivity index (χ4n) is 2.40. The van der Waals surface area contributed by atoms with Crippen molar-refractivity contribution in [1.29, 1.82) is 0 Å². The molecule has 0 saturated heterocycles. The molecule has 1 saturated carbocycles. The number of ether oxygens (including phenoxy) is 1. The molecule has 2 rings (SSSR count). The fourth-order valence-corrected chi connectivity index (χ4v) is 2.40. The van der Waals surface area contributed by atoms with Gasteiger partial charge in [0.2, 0.25) is 0 Å². The van der Waals surface area contributed by atoms with E-state index >= 15 is 0 Å². The molecule has 0 radical (unpaired) electrons. The van der Waals surface area contributed by atoms with Crippen molar-refractivity contribution in [2.45, 2.75) is 51.7 Å². The molecule has 1 heterocycles. The molecule has 1 aromatic heterocycles. The van der Waals surface area contributed by atoms with Crippen LogP contribution in [0.3, 0.4) is 0 Å². The quantitative estimate of drug-likeness (QED) is 0.683. The molecule has 18 heavy (non-hydrogen) atoms. The number of rotatable bonds is 9. The first-order valence-electron chi connectivity index (χ1n) is 7.18. The Labute approximate surface area is 110 Å². The van der Waals surface area contributed by atoms with Gasteiger partial charge in [-0.15, -0.1) is 0 Å². The predicted molar refractivity (Wildman–Crippen MR) is 72.4 cm³/mol. The van der Waals surface area contributed by atoms with Gasteiger partial charge < -0.3 is 14.5 Å². The van der Waals surface area contributed by atoms with Crippen LogP contribution in [0, 0.1) is 5.92 Å². The molecule has 1 N–H and O–H groups in total. The SMILES string of the molecule is CC(CC1CCC1)NCCCOCc1ccco1. The molecule has 1 aliphatic rings. The van der Waals surface area contributed by atoms with Crippen LogP contribution in [0.1, 0.15) is 44.8 Å². The standard InChI is InChI=1S/C15H25NO2/c1-13(11-14-5-2-6-14)16-8-4-9-17-12-15-7-3-10-18-15/h3,7,10,13-14,16H,2,4-6,8-9,11-12H2,1H3. The van der Waals surface area contributed by atoms with Gasteiger partial charge in [-0.05, 0) is 44.4 Å². The lowest BCUT2D eigenvalue weighted by Crippen LogP contribution is -2.31. The van der Waals surface area contributed by atoms with Gasteiger partial charge in [-0.3, -0.25) is 0 Å². The van der Waals surface area contributed by atoms with E-state index in [0.29, 0.717) is 12.6 Å². The zero-order chi connectivity index (χ0) is 12.6. The highest BCUT2D eigenvalue weighted by molar-refractivity contribution is 4.95. The maximum Gasteiger partial charge on any atom is 0.129 e. The molecule has 1 aromatic rings.